The van der Waals surface area contributed by atoms with Gasteiger partial charge in [0.05, 0.1) is 0 Å². The molecule has 0 bridgehead atoms. The summed E-state index contributed by atoms with van der Waals surface area (Å²) in [5.41, 5.74) is 1.02. The van der Waals surface area contributed by atoms with Gasteiger partial charge < -0.3 is 111 Å². The fraction of sp³-hybridized carbons (Fsp3) is 0.915. The topological polar surface area (TPSA) is 261 Å². The number of phenols is 1. The van der Waals surface area contributed by atoms with E-state index in [1.165, 1.54) is 122 Å². The van der Waals surface area contributed by atoms with Crippen LogP contribution in [-0.2, 0) is 59.0 Å². The quantitative estimate of drug-likeness (QED) is 0.128. The number of nitrogens with one attached hydrogen (secondary N) is 20. The molecule has 4 saturated heterocycles. The second kappa shape index (κ2) is 74.4. The maximum atomic E-state index is 10.2. The Kier molecular flexibility index (Phi) is 73.5. The Morgan fingerprint density at radius 3 is 0.913 bits per heavy atom. The van der Waals surface area contributed by atoms with E-state index in [9.17, 15) is 5.11 Å². The maximum absolute atomic E-state index is 10.2. The first-order valence-electron chi connectivity index (χ1n) is 39.7. The fourth-order valence-corrected chi connectivity index (χ4v) is 14.9. The van der Waals surface area contributed by atoms with Crippen LogP contribution in [0.5, 0.6) is 5.75 Å². The average molecular weight is 1800 g/mol. The Hall–Kier alpha value is 2.62. The molecule has 4 aliphatic carbocycles. The van der Waals surface area contributed by atoms with Crippen LogP contribution in [0.4, 0.5) is 0 Å². The number of phenolic OH excluding ortho intramolecular Hbond substituents is 1. The average Bonchev–Trinajstić information content (AvgIpc) is 1.17. The third-order valence-corrected chi connectivity index (χ3v) is 20.4. The molecule has 4 heterocycles. The van der Waals surface area contributed by atoms with E-state index in [4.69, 9.17) is 80.8 Å². The van der Waals surface area contributed by atoms with Crippen LogP contribution in [0.3, 0.4) is 0 Å². The Balaban J connectivity index is 0.000000450. The summed E-state index contributed by atoms with van der Waals surface area (Å²) >= 11 is 0.0278. The Labute approximate surface area is 691 Å². The summed E-state index contributed by atoms with van der Waals surface area (Å²) in [5.74, 6) is 0.400. The van der Waals surface area contributed by atoms with Gasteiger partial charge in [-0.05, 0) is 103 Å². The van der Waals surface area contributed by atoms with Crippen LogP contribution in [0.2, 0.25) is 0 Å². The number of benzene rings is 1. The molecule has 1 aromatic rings. The molecule has 21 N–H and O–H groups in total. The van der Waals surface area contributed by atoms with Gasteiger partial charge in [0.15, 0.2) is 0 Å². The fourth-order valence-electron chi connectivity index (χ4n) is 14.9. The number of rotatable bonds is 6. The summed E-state index contributed by atoms with van der Waals surface area (Å²) in [5, 5.41) is 83.5. The number of halogens is 8. The first kappa shape index (κ1) is 103. The number of hydrogen-bond donors (Lipinski definition) is 21. The van der Waals surface area contributed by atoms with E-state index in [1.807, 2.05) is 18.2 Å². The van der Waals surface area contributed by atoms with Crippen molar-refractivity contribution in [1.29, 1.82) is 0 Å². The summed E-state index contributed by atoms with van der Waals surface area (Å²) < 4.78 is 0. The van der Waals surface area contributed by atoms with Gasteiger partial charge in [-0.1, -0.05) is 89.8 Å². The van der Waals surface area contributed by atoms with E-state index in [0.29, 0.717) is 90.3 Å². The molecule has 0 spiro atoms. The first-order valence-corrected chi connectivity index (χ1v) is 52.7. The molecule has 104 heavy (non-hydrogen) atoms. The second-order valence-electron chi connectivity index (χ2n) is 28.6. The SMILES string of the molecule is C1CC2NCCNCCNCCNCCN[C@@H]2C1.CCC[C@@H]1CN[C@@H](CCC)CN[C@@H]2CCCC[C@H]2NCCNCCN1.C[C@@H]1CN[C@@H](C)CN[C@@H]2CCCC[C@H]2NCCN[C@@H](C)CN1.Oc1ccccc1C[C@@H]1CN[C@@H]2CCCC[C@H]2NCCNCCNCCN1.[Cl][Mn][Cl].[Cl][Mn][Cl].[Cl][Mn][Cl].[Cl][Mn][Cl]. The molecule has 620 valence electrons. The van der Waals surface area contributed by atoms with Gasteiger partial charge in [-0.3, -0.25) is 0 Å². The van der Waals surface area contributed by atoms with Crippen molar-refractivity contribution in [3.63, 3.8) is 0 Å². The Bertz CT molecular complexity index is 1990. The van der Waals surface area contributed by atoms with Crippen LogP contribution in [0.25, 0.3) is 0 Å². The van der Waals surface area contributed by atoms with Gasteiger partial charge in [-0.15, -0.1) is 0 Å². The second-order valence-corrected chi connectivity index (χ2v) is 36.4. The molecule has 9 rings (SSSR count). The zero-order chi connectivity index (χ0) is 75.6. The zero-order valence-electron chi connectivity index (χ0n) is 63.9. The molecule has 14 atom stereocenters. The summed E-state index contributed by atoms with van der Waals surface area (Å²) in [4.78, 5) is 0. The van der Waals surface area contributed by atoms with Crippen molar-refractivity contribution in [3.05, 3.63) is 29.8 Å². The summed E-state index contributed by atoms with van der Waals surface area (Å²) in [6.45, 7) is 38.6. The molecule has 0 amide bonds. The van der Waals surface area contributed by atoms with Crippen molar-refractivity contribution in [1.82, 2.24) is 106 Å². The van der Waals surface area contributed by atoms with Crippen LogP contribution in [0, 0.1) is 0 Å². The number of aromatic hydroxyl groups is 1. The van der Waals surface area contributed by atoms with Crippen molar-refractivity contribution in [2.75, 3.05) is 170 Å². The van der Waals surface area contributed by atoms with Crippen molar-refractivity contribution in [3.8, 4) is 5.75 Å². The third-order valence-electron chi connectivity index (χ3n) is 20.4. The molecular formula is C71H146Cl8Mn4N20O. The van der Waals surface area contributed by atoms with Gasteiger partial charge in [0.1, 0.15) is 5.75 Å². The van der Waals surface area contributed by atoms with Gasteiger partial charge in [0.25, 0.3) is 0 Å². The van der Waals surface area contributed by atoms with Crippen LogP contribution in [0.15, 0.2) is 24.3 Å². The van der Waals surface area contributed by atoms with Gasteiger partial charge in [-0.25, -0.2) is 0 Å². The Morgan fingerprint density at radius 2 is 0.548 bits per heavy atom. The zero-order valence-corrected chi connectivity index (χ0v) is 74.7. The van der Waals surface area contributed by atoms with Crippen molar-refractivity contribution in [2.45, 2.75) is 248 Å². The molecule has 1 aromatic carbocycles. The van der Waals surface area contributed by atoms with E-state index in [1.54, 1.807) is 6.07 Å². The van der Waals surface area contributed by atoms with Crippen molar-refractivity contribution >= 4 is 80.8 Å². The molecule has 21 nitrogen and oxygen atoms in total. The van der Waals surface area contributed by atoms with Gasteiger partial charge in [0, 0.05) is 255 Å². The number of hydrogen-bond acceptors (Lipinski definition) is 21. The predicted octanol–water partition coefficient (Wildman–Crippen LogP) is 6.97. The molecular weight excluding hydrogens is 1650 g/mol. The molecule has 4 aliphatic heterocycles. The Morgan fingerprint density at radius 1 is 0.298 bits per heavy atom. The van der Waals surface area contributed by atoms with Crippen LogP contribution in [0.1, 0.15) is 162 Å². The molecule has 4 saturated carbocycles. The van der Waals surface area contributed by atoms with Crippen LogP contribution in [-0.4, -0.2) is 260 Å². The first-order chi connectivity index (χ1) is 50.9. The molecule has 0 radical (unpaired) electrons. The minimum atomic E-state index is 0.00694. The molecule has 33 heteroatoms. The van der Waals surface area contributed by atoms with E-state index in [2.05, 4.69) is 141 Å². The van der Waals surface area contributed by atoms with E-state index in [-0.39, 0.29) is 52.5 Å². The van der Waals surface area contributed by atoms with Crippen molar-refractivity contribution in [2.24, 2.45) is 0 Å². The number of fused-ring (bicyclic) bond motifs is 4. The summed E-state index contributed by atoms with van der Waals surface area (Å²) in [7, 11) is 38.4. The predicted molar refractivity (Wildman–Crippen MR) is 437 cm³/mol. The molecule has 8 aliphatic rings. The number of para-hydroxylation sites is 1. The van der Waals surface area contributed by atoms with Gasteiger partial charge >= 0.3 is 133 Å². The molecule has 0 aromatic heterocycles. The van der Waals surface area contributed by atoms with E-state index in [0.717, 1.165) is 182 Å². The standard InChI is InChI=1S/C21H37N5O.C20H43N5.C17H37N5.C13H29N5.8ClH.4Mn/c27-21-8-4-1-5-17(21)15-18-16-26-20-7-3-2-6-19(20)25-14-12-23-10-9-22-11-13-24-18;1-3-7-17-15-24-18(8-4-2)16-25-20-10-6-5-9-19(20)23-14-12-21-11-13-22-17;1-13-10-20-14(2)11-21-15(3)12-22-17-7-5-4-6-16(17)19-9-8-18-13;1-2-12-13(3-1)18-11-9-16-7-5-14-4-6-15-8-10-17-12;;;;;;;;;;;;/h1,4-5,8,18-20,22-27H,2-3,6-7,9-16H2;17-25H,3-16H2,1-2H3;13-22H,4-12H2,1-3H3;12-18H,1-11H2;8*1H;;;;/q;;;;;;;;;;;;4*+2/p-8/t18-,19-,20-;17-,18+,19-,20-;13-,14+,15-,16+,17+;12-,13?;;;;;;;;;;;;/m1101............/s1. The summed E-state index contributed by atoms with van der Waals surface area (Å²) in [6.07, 6.45) is 25.8. The van der Waals surface area contributed by atoms with E-state index < -0.39 is 0 Å². The minimum absolute atomic E-state index is 0.00694. The van der Waals surface area contributed by atoms with Crippen molar-refractivity contribution < 1.29 is 57.6 Å². The molecule has 1 unspecified atom stereocenters. The molecule has 8 fully saturated rings. The normalized spacial score (nSPS) is 30.7. The van der Waals surface area contributed by atoms with Crippen LogP contribution >= 0.6 is 80.8 Å². The van der Waals surface area contributed by atoms with Crippen LogP contribution < -0.4 is 106 Å². The van der Waals surface area contributed by atoms with Gasteiger partial charge in [-0.2, -0.15) is 0 Å². The van der Waals surface area contributed by atoms with Gasteiger partial charge in [0.2, 0.25) is 0 Å². The monoisotopic (exact) mass is 1790 g/mol. The van der Waals surface area contributed by atoms with E-state index >= 15 is 0 Å². The summed E-state index contributed by atoms with van der Waals surface area (Å²) in [6, 6.07) is 15.8. The third kappa shape index (κ3) is 55.2.